The third kappa shape index (κ3) is 5.83. The zero-order valence-corrected chi connectivity index (χ0v) is 16.7. The Kier molecular flexibility index (Phi) is 7.29. The minimum absolute atomic E-state index is 0.113. The van der Waals surface area contributed by atoms with Gasteiger partial charge in [0.25, 0.3) is 0 Å². The van der Waals surface area contributed by atoms with Crippen molar-refractivity contribution in [1.82, 2.24) is 5.32 Å². The Bertz CT molecular complexity index is 693. The van der Waals surface area contributed by atoms with Crippen LogP contribution in [0.25, 0.3) is 0 Å². The fourth-order valence-electron chi connectivity index (χ4n) is 1.73. The second kappa shape index (κ2) is 8.53. The number of ether oxygens (including phenoxy) is 2. The molecule has 1 aromatic carbocycles. The summed E-state index contributed by atoms with van der Waals surface area (Å²) in [5.74, 6) is 0.0597. The van der Waals surface area contributed by atoms with E-state index in [0.717, 1.165) is 0 Å². The van der Waals surface area contributed by atoms with Crippen LogP contribution in [0, 0.1) is 14.9 Å². The van der Waals surface area contributed by atoms with Crippen molar-refractivity contribution in [2.24, 2.45) is 0 Å². The highest BCUT2D eigenvalue weighted by molar-refractivity contribution is 14.1. The van der Waals surface area contributed by atoms with Crippen LogP contribution in [-0.2, 0) is 4.74 Å². The van der Waals surface area contributed by atoms with Crippen molar-refractivity contribution < 1.29 is 19.1 Å². The molecule has 0 bridgehead atoms. The van der Waals surface area contributed by atoms with E-state index in [1.54, 1.807) is 20.8 Å². The molecule has 0 aliphatic heterocycles. The minimum Gasteiger partial charge on any atom is -0.490 e. The maximum absolute atomic E-state index is 11.8. The van der Waals surface area contributed by atoms with Crippen molar-refractivity contribution in [2.75, 3.05) is 13.2 Å². The Balaban J connectivity index is 2.80. The number of alkyl carbamates (subject to hydrolysis) is 1. The molecule has 0 saturated carbocycles. The maximum atomic E-state index is 11.8. The summed E-state index contributed by atoms with van der Waals surface area (Å²) in [5.41, 5.74) is -0.0435. The van der Waals surface area contributed by atoms with E-state index < -0.39 is 11.7 Å². The number of hydrogen-bond donors (Lipinski definition) is 1. The Morgan fingerprint density at radius 2 is 2.04 bits per heavy atom. The van der Waals surface area contributed by atoms with E-state index in [0.29, 0.717) is 9.13 Å². The van der Waals surface area contributed by atoms with E-state index >= 15 is 0 Å². The number of halogens is 2. The average molecular weight is 465 g/mol. The van der Waals surface area contributed by atoms with Crippen molar-refractivity contribution in [3.8, 4) is 11.8 Å². The van der Waals surface area contributed by atoms with Gasteiger partial charge in [-0.05, 0) is 56.4 Å². The van der Waals surface area contributed by atoms with Gasteiger partial charge in [0.1, 0.15) is 24.0 Å². The van der Waals surface area contributed by atoms with Gasteiger partial charge in [0, 0.05) is 0 Å². The number of ketones is 1. The summed E-state index contributed by atoms with van der Waals surface area (Å²) in [6.07, 6.45) is -0.554. The third-order valence-corrected chi connectivity index (χ3v) is 4.01. The first-order valence-electron chi connectivity index (χ1n) is 7.09. The number of rotatable bonds is 5. The van der Waals surface area contributed by atoms with Crippen molar-refractivity contribution in [3.05, 3.63) is 25.8 Å². The lowest BCUT2D eigenvalue weighted by atomic mass is 10.1. The average Bonchev–Trinajstić information content (AvgIpc) is 2.43. The molecule has 24 heavy (non-hydrogen) atoms. The van der Waals surface area contributed by atoms with Gasteiger partial charge < -0.3 is 14.8 Å². The molecular weight excluding hydrogens is 447 g/mol. The molecule has 0 heterocycles. The maximum Gasteiger partial charge on any atom is 0.407 e. The van der Waals surface area contributed by atoms with Crippen LogP contribution < -0.4 is 10.1 Å². The van der Waals surface area contributed by atoms with Crippen LogP contribution in [0.3, 0.4) is 0 Å². The van der Waals surface area contributed by atoms with Crippen molar-refractivity contribution >= 4 is 46.1 Å². The molecule has 1 rings (SSSR count). The molecule has 130 valence electrons. The van der Waals surface area contributed by atoms with Crippen molar-refractivity contribution in [3.63, 3.8) is 0 Å². The molecule has 8 heteroatoms. The van der Waals surface area contributed by atoms with Crippen LogP contribution >= 0.6 is 34.2 Å². The molecule has 0 saturated heterocycles. The molecule has 0 radical (unpaired) electrons. The number of carbonyl (C=O) groups excluding carboxylic acids is 2. The summed E-state index contributed by atoms with van der Waals surface area (Å²) in [4.78, 5) is 23.3. The molecule has 0 spiro atoms. The largest absolute Gasteiger partial charge is 0.490 e. The lowest BCUT2D eigenvalue weighted by molar-refractivity contribution is 0.0519. The van der Waals surface area contributed by atoms with E-state index in [4.69, 9.17) is 26.3 Å². The molecule has 0 aliphatic carbocycles. The molecule has 1 N–H and O–H groups in total. The number of Topliss-reactive ketones (excluding diaryl/α,β-unsaturated/α-hetero) is 1. The first kappa shape index (κ1) is 20.5. The molecular formula is C16H18ClIN2O4. The summed E-state index contributed by atoms with van der Waals surface area (Å²) in [6, 6.07) is 3.40. The SMILES string of the molecule is CC(=O)c1cc(Cl)c(C#N)c(I)c1OCCNC(=O)OC(C)(C)C. The molecule has 1 amide bonds. The van der Waals surface area contributed by atoms with Crippen LogP contribution in [-0.4, -0.2) is 30.6 Å². The summed E-state index contributed by atoms with van der Waals surface area (Å²) in [7, 11) is 0. The highest BCUT2D eigenvalue weighted by atomic mass is 127. The monoisotopic (exact) mass is 464 g/mol. The minimum atomic E-state index is -0.583. The predicted octanol–water partition coefficient (Wildman–Crippen LogP) is 3.92. The Labute approximate surface area is 159 Å². The van der Waals surface area contributed by atoms with E-state index in [9.17, 15) is 9.59 Å². The number of hydrogen-bond acceptors (Lipinski definition) is 5. The van der Waals surface area contributed by atoms with E-state index in [1.807, 2.05) is 28.7 Å². The Morgan fingerprint density at radius 3 is 2.54 bits per heavy atom. The Hall–Kier alpha value is -1.53. The quantitative estimate of drug-likeness (QED) is 0.405. The fraction of sp³-hybridized carbons (Fsp3) is 0.438. The molecule has 1 aromatic rings. The molecule has 0 aromatic heterocycles. The normalized spacial score (nSPS) is 10.7. The van der Waals surface area contributed by atoms with Gasteiger partial charge in [-0.1, -0.05) is 11.6 Å². The summed E-state index contributed by atoms with van der Waals surface area (Å²) < 4.78 is 11.2. The number of benzene rings is 1. The topological polar surface area (TPSA) is 88.4 Å². The van der Waals surface area contributed by atoms with Gasteiger partial charge >= 0.3 is 6.09 Å². The van der Waals surface area contributed by atoms with Gasteiger partial charge in [0.05, 0.1) is 26.3 Å². The lowest BCUT2D eigenvalue weighted by Gasteiger charge is -2.20. The zero-order chi connectivity index (χ0) is 18.5. The van der Waals surface area contributed by atoms with Crippen LogP contribution in [0.1, 0.15) is 43.6 Å². The van der Waals surface area contributed by atoms with E-state index in [-0.39, 0.29) is 35.3 Å². The van der Waals surface area contributed by atoms with Crippen LogP contribution in [0.2, 0.25) is 5.02 Å². The van der Waals surface area contributed by atoms with Gasteiger partial charge in [0.15, 0.2) is 5.78 Å². The first-order chi connectivity index (χ1) is 11.1. The van der Waals surface area contributed by atoms with Crippen LogP contribution in [0.5, 0.6) is 5.75 Å². The summed E-state index contributed by atoms with van der Waals surface area (Å²) in [6.45, 7) is 6.99. The number of carbonyl (C=O) groups is 2. The van der Waals surface area contributed by atoms with Gasteiger partial charge in [-0.15, -0.1) is 0 Å². The highest BCUT2D eigenvalue weighted by Crippen LogP contribution is 2.34. The second-order valence-corrected chi connectivity index (χ2v) is 7.36. The van der Waals surface area contributed by atoms with E-state index in [1.165, 1.54) is 13.0 Å². The van der Waals surface area contributed by atoms with Crippen LogP contribution in [0.4, 0.5) is 4.79 Å². The summed E-state index contributed by atoms with van der Waals surface area (Å²) in [5, 5.41) is 11.9. The second-order valence-electron chi connectivity index (χ2n) is 5.87. The molecule has 6 nitrogen and oxygen atoms in total. The Morgan fingerprint density at radius 1 is 1.42 bits per heavy atom. The molecule has 0 fully saturated rings. The fourth-order valence-corrected chi connectivity index (χ4v) is 2.99. The molecule has 0 aliphatic rings. The van der Waals surface area contributed by atoms with Gasteiger partial charge in [0.2, 0.25) is 0 Å². The smallest absolute Gasteiger partial charge is 0.407 e. The van der Waals surface area contributed by atoms with Crippen molar-refractivity contribution in [1.29, 1.82) is 5.26 Å². The van der Waals surface area contributed by atoms with Crippen molar-refractivity contribution in [2.45, 2.75) is 33.3 Å². The standard InChI is InChI=1S/C16H18ClIN2O4/c1-9(21)10-7-12(17)11(8-19)13(18)14(10)23-6-5-20-15(22)24-16(2,3)4/h7H,5-6H2,1-4H3,(H,20,22). The third-order valence-electron chi connectivity index (χ3n) is 2.68. The van der Waals surface area contributed by atoms with E-state index in [2.05, 4.69) is 5.32 Å². The zero-order valence-electron chi connectivity index (χ0n) is 13.8. The molecule has 0 atom stereocenters. The highest BCUT2D eigenvalue weighted by Gasteiger charge is 2.20. The predicted molar refractivity (Wildman–Crippen MR) is 98.6 cm³/mol. The summed E-state index contributed by atoms with van der Waals surface area (Å²) >= 11 is 7.92. The van der Waals surface area contributed by atoms with Gasteiger partial charge in [-0.3, -0.25) is 4.79 Å². The van der Waals surface area contributed by atoms with Crippen LogP contribution in [0.15, 0.2) is 6.07 Å². The number of nitrogens with zero attached hydrogens (tertiary/aromatic N) is 1. The number of amides is 1. The van der Waals surface area contributed by atoms with Gasteiger partial charge in [-0.25, -0.2) is 4.79 Å². The first-order valence-corrected chi connectivity index (χ1v) is 8.55. The lowest BCUT2D eigenvalue weighted by Crippen LogP contribution is -2.34. The van der Waals surface area contributed by atoms with Gasteiger partial charge in [-0.2, -0.15) is 5.26 Å². The number of nitrogens with one attached hydrogen (secondary N) is 1. The number of nitriles is 1. The molecule has 0 unspecified atom stereocenters.